The summed E-state index contributed by atoms with van der Waals surface area (Å²) in [5.41, 5.74) is 2.32. The molecule has 0 fully saturated rings. The molecule has 1 heterocycles. The third kappa shape index (κ3) is 2.36. The first-order chi connectivity index (χ1) is 6.97. The molecule has 0 aliphatic rings. The number of hydrogen-bond donors (Lipinski definition) is 1. The van der Waals surface area contributed by atoms with Crippen molar-refractivity contribution < 1.29 is 14.6 Å². The molecule has 15 heavy (non-hydrogen) atoms. The topological polar surface area (TPSA) is 64.3 Å². The maximum absolute atomic E-state index is 11.0. The molecule has 1 atom stereocenters. The number of hydrogen-bond acceptors (Lipinski definition) is 4. The Morgan fingerprint density at radius 2 is 2.20 bits per heavy atom. The summed E-state index contributed by atoms with van der Waals surface area (Å²) < 4.78 is 6.19. The van der Waals surface area contributed by atoms with Crippen LogP contribution in [0.2, 0.25) is 0 Å². The summed E-state index contributed by atoms with van der Waals surface area (Å²) in [5, 5.41) is 14.0. The van der Waals surface area contributed by atoms with E-state index in [4.69, 9.17) is 0 Å². The molecule has 0 aliphatic carbocycles. The van der Waals surface area contributed by atoms with E-state index >= 15 is 0 Å². The van der Waals surface area contributed by atoms with Crippen molar-refractivity contribution in [1.82, 2.24) is 9.78 Å². The molecule has 0 aliphatic heterocycles. The highest BCUT2D eigenvalue weighted by molar-refractivity contribution is 5.70. The number of carbonyl (C=O) groups excluding carboxylic acids is 1. The molecule has 84 valence electrons. The lowest BCUT2D eigenvalue weighted by Gasteiger charge is -2.09. The number of esters is 1. The van der Waals surface area contributed by atoms with Crippen LogP contribution in [0, 0.1) is 13.8 Å². The zero-order valence-electron chi connectivity index (χ0n) is 9.44. The van der Waals surface area contributed by atoms with Gasteiger partial charge in [-0.1, -0.05) is 0 Å². The summed E-state index contributed by atoms with van der Waals surface area (Å²) in [6, 6.07) is 0. The lowest BCUT2D eigenvalue weighted by Crippen LogP contribution is -2.09. The van der Waals surface area contributed by atoms with E-state index in [1.807, 2.05) is 13.8 Å². The second kappa shape index (κ2) is 4.44. The van der Waals surface area contributed by atoms with Crippen molar-refractivity contribution in [1.29, 1.82) is 0 Å². The van der Waals surface area contributed by atoms with Crippen molar-refractivity contribution in [2.75, 3.05) is 7.11 Å². The summed E-state index contributed by atoms with van der Waals surface area (Å²) in [6.07, 6.45) is -0.879. The first-order valence-corrected chi connectivity index (χ1v) is 4.72. The molecule has 0 saturated carbocycles. The number of aliphatic hydroxyl groups excluding tert-OH is 1. The summed E-state index contributed by atoms with van der Waals surface area (Å²) in [4.78, 5) is 11.0. The van der Waals surface area contributed by atoms with Crippen LogP contribution in [0.15, 0.2) is 0 Å². The smallest absolute Gasteiger partial charge is 0.308 e. The van der Waals surface area contributed by atoms with Crippen LogP contribution in [0.5, 0.6) is 0 Å². The van der Waals surface area contributed by atoms with Crippen LogP contribution in [0.25, 0.3) is 0 Å². The number of carbonyl (C=O) groups is 1. The number of aliphatic hydroxyl groups is 1. The van der Waals surface area contributed by atoms with Gasteiger partial charge in [0.2, 0.25) is 0 Å². The standard InChI is InChI=1S/C10H16N2O3/c1-6-10(7(2)12(3)11-6)8(13)5-9(14)15-4/h8,13H,5H2,1-4H3/t8-/m1/s1. The van der Waals surface area contributed by atoms with Gasteiger partial charge in [0.05, 0.1) is 25.3 Å². The van der Waals surface area contributed by atoms with E-state index in [0.29, 0.717) is 5.56 Å². The Morgan fingerprint density at radius 3 is 2.60 bits per heavy atom. The third-order valence-electron chi connectivity index (χ3n) is 2.49. The highest BCUT2D eigenvalue weighted by Gasteiger charge is 2.20. The van der Waals surface area contributed by atoms with Crippen LogP contribution in [0.1, 0.15) is 29.5 Å². The van der Waals surface area contributed by atoms with Crippen molar-refractivity contribution in [3.8, 4) is 0 Å². The maximum atomic E-state index is 11.0. The lowest BCUT2D eigenvalue weighted by molar-refractivity contribution is -0.142. The summed E-state index contributed by atoms with van der Waals surface area (Å²) in [7, 11) is 3.11. The molecular weight excluding hydrogens is 196 g/mol. The Kier molecular flexibility index (Phi) is 3.47. The number of rotatable bonds is 3. The molecule has 1 aromatic rings. The van der Waals surface area contributed by atoms with Gasteiger partial charge in [-0.3, -0.25) is 9.48 Å². The Hall–Kier alpha value is -1.36. The second-order valence-electron chi connectivity index (χ2n) is 3.50. The first-order valence-electron chi connectivity index (χ1n) is 4.72. The first kappa shape index (κ1) is 11.7. The van der Waals surface area contributed by atoms with Crippen LogP contribution < -0.4 is 0 Å². The van der Waals surface area contributed by atoms with E-state index in [1.165, 1.54) is 7.11 Å². The molecule has 5 heteroatoms. The molecule has 0 unspecified atom stereocenters. The fraction of sp³-hybridized carbons (Fsp3) is 0.600. The number of aromatic nitrogens is 2. The summed E-state index contributed by atoms with van der Waals surface area (Å²) in [6.45, 7) is 3.67. The van der Waals surface area contributed by atoms with Crippen LogP contribution in [-0.2, 0) is 16.6 Å². The number of aryl methyl sites for hydroxylation is 2. The molecule has 1 aromatic heterocycles. The van der Waals surface area contributed by atoms with Gasteiger partial charge < -0.3 is 9.84 Å². The van der Waals surface area contributed by atoms with Crippen molar-refractivity contribution in [3.05, 3.63) is 17.0 Å². The minimum Gasteiger partial charge on any atom is -0.469 e. The van der Waals surface area contributed by atoms with Crippen LogP contribution in [0.4, 0.5) is 0 Å². The van der Waals surface area contributed by atoms with Gasteiger partial charge in [0, 0.05) is 18.3 Å². The molecule has 1 rings (SSSR count). The van der Waals surface area contributed by atoms with Crippen LogP contribution in [0.3, 0.4) is 0 Å². The van der Waals surface area contributed by atoms with Gasteiger partial charge in [-0.25, -0.2) is 0 Å². The minimum atomic E-state index is -0.842. The maximum Gasteiger partial charge on any atom is 0.308 e. The van der Waals surface area contributed by atoms with E-state index < -0.39 is 12.1 Å². The lowest BCUT2D eigenvalue weighted by atomic mass is 10.1. The minimum absolute atomic E-state index is 0.0378. The van der Waals surface area contributed by atoms with Gasteiger partial charge in [0.15, 0.2) is 0 Å². The zero-order chi connectivity index (χ0) is 11.6. The van der Waals surface area contributed by atoms with Crippen molar-refractivity contribution >= 4 is 5.97 Å². The van der Waals surface area contributed by atoms with Gasteiger partial charge in [-0.2, -0.15) is 5.10 Å². The zero-order valence-corrected chi connectivity index (χ0v) is 9.44. The molecule has 0 amide bonds. The number of ether oxygens (including phenoxy) is 1. The predicted octanol–water partition coefficient (Wildman–Crippen LogP) is 0.633. The van der Waals surface area contributed by atoms with Gasteiger partial charge in [0.1, 0.15) is 0 Å². The second-order valence-corrected chi connectivity index (χ2v) is 3.50. The Balaban J connectivity index is 2.90. The van der Waals surface area contributed by atoms with E-state index in [1.54, 1.807) is 11.7 Å². The van der Waals surface area contributed by atoms with E-state index in [9.17, 15) is 9.90 Å². The largest absolute Gasteiger partial charge is 0.469 e. The van der Waals surface area contributed by atoms with Crippen LogP contribution in [-0.4, -0.2) is 28.0 Å². The Morgan fingerprint density at radius 1 is 1.60 bits per heavy atom. The Labute approximate surface area is 88.7 Å². The highest BCUT2D eigenvalue weighted by atomic mass is 16.5. The predicted molar refractivity (Wildman–Crippen MR) is 54.3 cm³/mol. The third-order valence-corrected chi connectivity index (χ3v) is 2.49. The number of nitrogens with zero attached hydrogens (tertiary/aromatic N) is 2. The van der Waals surface area contributed by atoms with Gasteiger partial charge in [-0.05, 0) is 13.8 Å². The normalized spacial score (nSPS) is 12.6. The molecule has 0 aromatic carbocycles. The number of methoxy groups -OCH3 is 1. The molecule has 5 nitrogen and oxygen atoms in total. The molecular formula is C10H16N2O3. The van der Waals surface area contributed by atoms with Crippen molar-refractivity contribution in [3.63, 3.8) is 0 Å². The molecule has 0 saturated heterocycles. The quantitative estimate of drug-likeness (QED) is 0.746. The molecule has 0 radical (unpaired) electrons. The molecule has 0 bridgehead atoms. The molecule has 0 spiro atoms. The summed E-state index contributed by atoms with van der Waals surface area (Å²) >= 11 is 0. The van der Waals surface area contributed by atoms with E-state index in [2.05, 4.69) is 9.84 Å². The van der Waals surface area contributed by atoms with Gasteiger partial charge in [0.25, 0.3) is 0 Å². The van der Waals surface area contributed by atoms with E-state index in [-0.39, 0.29) is 6.42 Å². The fourth-order valence-electron chi connectivity index (χ4n) is 1.62. The van der Waals surface area contributed by atoms with Gasteiger partial charge >= 0.3 is 5.97 Å². The van der Waals surface area contributed by atoms with Gasteiger partial charge in [-0.15, -0.1) is 0 Å². The fourth-order valence-corrected chi connectivity index (χ4v) is 1.62. The summed E-state index contributed by atoms with van der Waals surface area (Å²) in [5.74, 6) is -0.426. The Bertz CT molecular complexity index is 371. The van der Waals surface area contributed by atoms with E-state index in [0.717, 1.165) is 11.4 Å². The average molecular weight is 212 g/mol. The van der Waals surface area contributed by atoms with Crippen LogP contribution >= 0.6 is 0 Å². The average Bonchev–Trinajstić information content (AvgIpc) is 2.41. The highest BCUT2D eigenvalue weighted by Crippen LogP contribution is 2.23. The van der Waals surface area contributed by atoms with Crippen molar-refractivity contribution in [2.45, 2.75) is 26.4 Å². The van der Waals surface area contributed by atoms with Crippen molar-refractivity contribution in [2.24, 2.45) is 7.05 Å². The molecule has 1 N–H and O–H groups in total. The SMILES string of the molecule is COC(=O)C[C@@H](O)c1c(C)nn(C)c1C. The monoisotopic (exact) mass is 212 g/mol.